The van der Waals surface area contributed by atoms with Crippen molar-refractivity contribution in [1.82, 2.24) is 9.55 Å². The molecule has 4 aromatic rings. The van der Waals surface area contributed by atoms with Crippen molar-refractivity contribution in [2.75, 3.05) is 6.61 Å². The molecule has 0 aliphatic carbocycles. The van der Waals surface area contributed by atoms with Crippen LogP contribution in [0.3, 0.4) is 0 Å². The Morgan fingerprint density at radius 1 is 0.903 bits per heavy atom. The molecular formula is C27H30N2O2. The van der Waals surface area contributed by atoms with Crippen LogP contribution in [-0.4, -0.2) is 21.3 Å². The van der Waals surface area contributed by atoms with E-state index in [0.29, 0.717) is 12.4 Å². The number of aliphatic hydroxyl groups excluding tert-OH is 1. The summed E-state index contributed by atoms with van der Waals surface area (Å²) >= 11 is 0. The molecular weight excluding hydrogens is 384 g/mol. The van der Waals surface area contributed by atoms with Crippen molar-refractivity contribution in [3.63, 3.8) is 0 Å². The Hall–Kier alpha value is -3.11. The van der Waals surface area contributed by atoms with Gasteiger partial charge in [0.25, 0.3) is 0 Å². The highest BCUT2D eigenvalue weighted by Crippen LogP contribution is 2.28. The van der Waals surface area contributed by atoms with Crippen LogP contribution >= 0.6 is 0 Å². The van der Waals surface area contributed by atoms with Crippen molar-refractivity contribution in [3.05, 3.63) is 94.3 Å². The number of hydrogen-bond acceptors (Lipinski definition) is 3. The van der Waals surface area contributed by atoms with Crippen molar-refractivity contribution in [1.29, 1.82) is 0 Å². The molecule has 0 bridgehead atoms. The van der Waals surface area contributed by atoms with Crippen LogP contribution < -0.4 is 4.74 Å². The van der Waals surface area contributed by atoms with Crippen molar-refractivity contribution >= 4 is 11.0 Å². The van der Waals surface area contributed by atoms with E-state index in [4.69, 9.17) is 9.72 Å². The van der Waals surface area contributed by atoms with E-state index in [-0.39, 0.29) is 0 Å². The third kappa shape index (κ3) is 4.64. The molecule has 0 saturated carbocycles. The van der Waals surface area contributed by atoms with E-state index in [0.717, 1.165) is 35.3 Å². The molecule has 1 heterocycles. The number of rotatable bonds is 7. The van der Waals surface area contributed by atoms with Crippen LogP contribution in [-0.2, 0) is 6.54 Å². The minimum Gasteiger partial charge on any atom is -0.494 e. The van der Waals surface area contributed by atoms with E-state index < -0.39 is 6.10 Å². The van der Waals surface area contributed by atoms with E-state index in [2.05, 4.69) is 62.6 Å². The van der Waals surface area contributed by atoms with E-state index >= 15 is 0 Å². The molecule has 0 fully saturated rings. The average Bonchev–Trinajstić information content (AvgIpc) is 3.08. The molecule has 31 heavy (non-hydrogen) atoms. The second kappa shape index (κ2) is 8.94. The molecule has 0 radical (unpaired) electrons. The molecule has 0 spiro atoms. The lowest BCUT2D eigenvalue weighted by molar-refractivity contribution is 0.203. The molecule has 3 aromatic carbocycles. The number of fused-ring (bicyclic) bond motifs is 1. The predicted octanol–water partition coefficient (Wildman–Crippen LogP) is 5.82. The summed E-state index contributed by atoms with van der Waals surface area (Å²) in [4.78, 5) is 4.82. The summed E-state index contributed by atoms with van der Waals surface area (Å²) in [7, 11) is 0. The monoisotopic (exact) mass is 414 g/mol. The second-order valence-corrected chi connectivity index (χ2v) is 8.39. The average molecular weight is 415 g/mol. The fourth-order valence-electron chi connectivity index (χ4n) is 4.06. The Bertz CT molecular complexity index is 1170. The maximum atomic E-state index is 11.1. The van der Waals surface area contributed by atoms with E-state index in [1.54, 1.807) is 0 Å². The van der Waals surface area contributed by atoms with Gasteiger partial charge in [0.1, 0.15) is 17.7 Å². The highest BCUT2D eigenvalue weighted by Gasteiger charge is 2.20. The number of aliphatic hydroxyl groups is 1. The fraction of sp³-hybridized carbons (Fsp3) is 0.296. The maximum Gasteiger partial charge on any atom is 0.143 e. The smallest absolute Gasteiger partial charge is 0.143 e. The Morgan fingerprint density at radius 2 is 1.58 bits per heavy atom. The van der Waals surface area contributed by atoms with Crippen LogP contribution in [0.2, 0.25) is 0 Å². The first kappa shape index (κ1) is 21.1. The number of imidazole rings is 1. The molecule has 1 aromatic heterocycles. The standard InChI is InChI=1S/C27H30N2O2/c1-18-13-19(2)15-23(14-18)31-12-8-11-29-25-17-21(4)20(3)16-24(25)28-27(29)26(30)22-9-6-5-7-10-22/h5-7,9-10,13-17,26,30H,8,11-12H2,1-4H3. The molecule has 160 valence electrons. The molecule has 0 amide bonds. The van der Waals surface area contributed by atoms with Crippen molar-refractivity contribution in [2.24, 2.45) is 0 Å². The van der Waals surface area contributed by atoms with Gasteiger partial charge in [0.05, 0.1) is 17.6 Å². The first-order chi connectivity index (χ1) is 14.9. The summed E-state index contributed by atoms with van der Waals surface area (Å²) in [6, 6.07) is 20.3. The number of nitrogens with zero attached hydrogens (tertiary/aromatic N) is 2. The summed E-state index contributed by atoms with van der Waals surface area (Å²) < 4.78 is 8.15. The highest BCUT2D eigenvalue weighted by atomic mass is 16.5. The molecule has 4 nitrogen and oxygen atoms in total. The van der Waals surface area contributed by atoms with Crippen molar-refractivity contribution in [3.8, 4) is 5.75 Å². The van der Waals surface area contributed by atoms with Crippen LogP contribution in [0, 0.1) is 27.7 Å². The first-order valence-electron chi connectivity index (χ1n) is 10.8. The molecule has 0 saturated heterocycles. The molecule has 1 N–H and O–H groups in total. The largest absolute Gasteiger partial charge is 0.494 e. The Labute approximate surface area is 184 Å². The molecule has 0 aliphatic rings. The minimum atomic E-state index is -0.769. The minimum absolute atomic E-state index is 0.605. The number of benzene rings is 3. The number of aryl methyl sites for hydroxylation is 5. The lowest BCUT2D eigenvalue weighted by Gasteiger charge is -2.15. The van der Waals surface area contributed by atoms with Gasteiger partial charge in [-0.2, -0.15) is 0 Å². The fourth-order valence-corrected chi connectivity index (χ4v) is 4.06. The SMILES string of the molecule is Cc1cc(C)cc(OCCCn2c(C(O)c3ccccc3)nc3cc(C)c(C)cc32)c1. The zero-order valence-electron chi connectivity index (χ0n) is 18.7. The zero-order chi connectivity index (χ0) is 22.0. The van der Waals surface area contributed by atoms with Gasteiger partial charge < -0.3 is 14.4 Å². The van der Waals surface area contributed by atoms with Crippen LogP contribution in [0.15, 0.2) is 60.7 Å². The maximum absolute atomic E-state index is 11.1. The summed E-state index contributed by atoms with van der Waals surface area (Å²) in [6.07, 6.45) is 0.0504. The van der Waals surface area contributed by atoms with E-state index in [9.17, 15) is 5.11 Å². The molecule has 1 unspecified atom stereocenters. The van der Waals surface area contributed by atoms with Gasteiger partial charge in [0.2, 0.25) is 0 Å². The summed E-state index contributed by atoms with van der Waals surface area (Å²) in [5.41, 5.74) is 7.66. The third-order valence-corrected chi connectivity index (χ3v) is 5.74. The summed E-state index contributed by atoms with van der Waals surface area (Å²) in [5.74, 6) is 1.58. The van der Waals surface area contributed by atoms with Gasteiger partial charge in [-0.1, -0.05) is 36.4 Å². The predicted molar refractivity (Wildman–Crippen MR) is 126 cm³/mol. The van der Waals surface area contributed by atoms with Gasteiger partial charge in [-0.3, -0.25) is 0 Å². The van der Waals surface area contributed by atoms with Crippen molar-refractivity contribution < 1.29 is 9.84 Å². The molecule has 0 aliphatic heterocycles. The summed E-state index contributed by atoms with van der Waals surface area (Å²) in [5, 5.41) is 11.1. The third-order valence-electron chi connectivity index (χ3n) is 5.74. The topological polar surface area (TPSA) is 47.3 Å². The Balaban J connectivity index is 1.59. The van der Waals surface area contributed by atoms with Crippen LogP contribution in [0.1, 0.15) is 46.2 Å². The quantitative estimate of drug-likeness (QED) is 0.388. The second-order valence-electron chi connectivity index (χ2n) is 8.39. The van der Waals surface area contributed by atoms with Gasteiger partial charge in [-0.05, 0) is 86.2 Å². The van der Waals surface area contributed by atoms with Gasteiger partial charge in [-0.25, -0.2) is 4.98 Å². The van der Waals surface area contributed by atoms with Crippen LogP contribution in [0.4, 0.5) is 0 Å². The zero-order valence-corrected chi connectivity index (χ0v) is 18.7. The van der Waals surface area contributed by atoms with Gasteiger partial charge in [-0.15, -0.1) is 0 Å². The van der Waals surface area contributed by atoms with Crippen LogP contribution in [0.25, 0.3) is 11.0 Å². The summed E-state index contributed by atoms with van der Waals surface area (Å²) in [6.45, 7) is 9.71. The highest BCUT2D eigenvalue weighted by molar-refractivity contribution is 5.78. The van der Waals surface area contributed by atoms with Crippen LogP contribution in [0.5, 0.6) is 5.75 Å². The lowest BCUT2D eigenvalue weighted by atomic mass is 10.1. The number of ether oxygens (including phenoxy) is 1. The van der Waals surface area contributed by atoms with E-state index in [1.807, 2.05) is 30.3 Å². The number of hydrogen-bond donors (Lipinski definition) is 1. The Kier molecular flexibility index (Phi) is 6.10. The van der Waals surface area contributed by atoms with E-state index in [1.165, 1.54) is 22.3 Å². The first-order valence-corrected chi connectivity index (χ1v) is 10.8. The Morgan fingerprint density at radius 3 is 2.29 bits per heavy atom. The van der Waals surface area contributed by atoms with Gasteiger partial charge >= 0.3 is 0 Å². The van der Waals surface area contributed by atoms with Crippen molar-refractivity contribution in [2.45, 2.75) is 46.8 Å². The number of aromatic nitrogens is 2. The van der Waals surface area contributed by atoms with Gasteiger partial charge in [0, 0.05) is 6.54 Å². The normalized spacial score (nSPS) is 12.3. The molecule has 4 heteroatoms. The van der Waals surface area contributed by atoms with Gasteiger partial charge in [0.15, 0.2) is 0 Å². The molecule has 4 rings (SSSR count). The lowest BCUT2D eigenvalue weighted by Crippen LogP contribution is -2.12. The molecule has 1 atom stereocenters.